The van der Waals surface area contributed by atoms with Crippen molar-refractivity contribution in [1.82, 2.24) is 14.1 Å². The van der Waals surface area contributed by atoms with Gasteiger partial charge in [-0.3, -0.25) is 9.59 Å². The van der Waals surface area contributed by atoms with Crippen LogP contribution < -0.4 is 0 Å². The Morgan fingerprint density at radius 3 is 2.21 bits per heavy atom. The molecule has 10 heteroatoms. The third kappa shape index (κ3) is 5.07. The van der Waals surface area contributed by atoms with E-state index in [1.165, 1.54) is 12.5 Å². The summed E-state index contributed by atoms with van der Waals surface area (Å²) >= 11 is 0. The fraction of sp³-hybridized carbons (Fsp3) is 0.333. The number of carbonyl (C=O) groups excluding carboxylic acids is 2. The van der Waals surface area contributed by atoms with Crippen LogP contribution in [0.2, 0.25) is 0 Å². The van der Waals surface area contributed by atoms with Crippen LogP contribution in [0.1, 0.15) is 27.4 Å². The molecule has 180 valence electrons. The Bertz CT molecular complexity index is 1240. The highest BCUT2D eigenvalue weighted by Crippen LogP contribution is 2.22. The number of carbonyl (C=O) groups is 2. The van der Waals surface area contributed by atoms with Crippen LogP contribution in [0.3, 0.4) is 0 Å². The van der Waals surface area contributed by atoms with Crippen LogP contribution in [0.15, 0.2) is 68.7 Å². The molecule has 4 rings (SSSR count). The van der Waals surface area contributed by atoms with Crippen LogP contribution >= 0.6 is 0 Å². The van der Waals surface area contributed by atoms with Gasteiger partial charge in [-0.05, 0) is 61.4 Å². The number of hydrogen-bond acceptors (Lipinski definition) is 6. The molecule has 0 bridgehead atoms. The third-order valence-electron chi connectivity index (χ3n) is 5.99. The number of hydrogen-bond donors (Lipinski definition) is 0. The highest BCUT2D eigenvalue weighted by Gasteiger charge is 2.32. The molecule has 3 aromatic rings. The van der Waals surface area contributed by atoms with E-state index in [0.29, 0.717) is 31.9 Å². The first kappa shape index (κ1) is 23.8. The maximum atomic E-state index is 13.5. The van der Waals surface area contributed by atoms with Crippen molar-refractivity contribution < 1.29 is 26.8 Å². The van der Waals surface area contributed by atoms with Gasteiger partial charge in [0.1, 0.15) is 5.76 Å². The molecule has 2 amide bonds. The van der Waals surface area contributed by atoms with Crippen molar-refractivity contribution in [2.45, 2.75) is 25.3 Å². The second-order valence-corrected chi connectivity index (χ2v) is 10.2. The molecule has 2 aromatic heterocycles. The zero-order valence-electron chi connectivity index (χ0n) is 19.1. The van der Waals surface area contributed by atoms with Gasteiger partial charge in [0.25, 0.3) is 5.91 Å². The Labute approximate surface area is 198 Å². The monoisotopic (exact) mass is 485 g/mol. The van der Waals surface area contributed by atoms with Gasteiger partial charge >= 0.3 is 0 Å². The summed E-state index contributed by atoms with van der Waals surface area (Å²) in [6, 6.07) is 11.5. The maximum absolute atomic E-state index is 13.5. The van der Waals surface area contributed by atoms with Gasteiger partial charge in [0.2, 0.25) is 15.9 Å². The van der Waals surface area contributed by atoms with Gasteiger partial charge in [0.15, 0.2) is 5.76 Å². The van der Waals surface area contributed by atoms with Gasteiger partial charge < -0.3 is 18.6 Å². The van der Waals surface area contributed by atoms with Crippen LogP contribution in [-0.4, -0.2) is 67.1 Å². The van der Waals surface area contributed by atoms with Gasteiger partial charge in [-0.2, -0.15) is 4.31 Å². The van der Waals surface area contributed by atoms with E-state index in [1.54, 1.807) is 52.3 Å². The Morgan fingerprint density at radius 1 is 0.912 bits per heavy atom. The molecule has 1 aliphatic heterocycles. The summed E-state index contributed by atoms with van der Waals surface area (Å²) in [6.45, 7) is 4.66. The summed E-state index contributed by atoms with van der Waals surface area (Å²) in [7, 11) is -3.96. The number of amides is 2. The average molecular weight is 486 g/mol. The normalized spacial score (nSPS) is 14.6. The number of furan rings is 2. The average Bonchev–Trinajstić information content (AvgIpc) is 3.54. The minimum atomic E-state index is -3.96. The fourth-order valence-electron chi connectivity index (χ4n) is 3.79. The highest BCUT2D eigenvalue weighted by atomic mass is 32.2. The Kier molecular flexibility index (Phi) is 6.90. The van der Waals surface area contributed by atoms with Crippen LogP contribution in [0.5, 0.6) is 0 Å². The second kappa shape index (κ2) is 9.86. The standard InChI is InChI=1S/C24H27N3O6S/c1-18-7-8-21(15-19(18)2)34(30,31)27(16-20-5-3-13-32-20)17-23(28)25-9-11-26(12-10-25)24(29)22-6-4-14-33-22/h3-8,13-15H,9-12,16-17H2,1-2H3. The molecular weight excluding hydrogens is 458 g/mol. The van der Waals surface area contributed by atoms with Gasteiger partial charge in [-0.25, -0.2) is 8.42 Å². The van der Waals surface area contributed by atoms with Crippen molar-refractivity contribution in [3.63, 3.8) is 0 Å². The summed E-state index contributed by atoms with van der Waals surface area (Å²) in [5.74, 6) is 0.135. The predicted molar refractivity (Wildman–Crippen MR) is 123 cm³/mol. The molecule has 9 nitrogen and oxygen atoms in total. The molecule has 34 heavy (non-hydrogen) atoms. The molecule has 3 heterocycles. The van der Waals surface area contributed by atoms with Crippen LogP contribution in [0.4, 0.5) is 0 Å². The van der Waals surface area contributed by atoms with Crippen LogP contribution in [-0.2, 0) is 21.4 Å². The van der Waals surface area contributed by atoms with E-state index in [4.69, 9.17) is 8.83 Å². The minimum Gasteiger partial charge on any atom is -0.468 e. The number of nitrogens with zero attached hydrogens (tertiary/aromatic N) is 3. The Hall–Kier alpha value is -3.37. The molecule has 1 aromatic carbocycles. The Morgan fingerprint density at radius 2 is 1.59 bits per heavy atom. The van der Waals surface area contributed by atoms with Crippen LogP contribution in [0.25, 0.3) is 0 Å². The van der Waals surface area contributed by atoms with Gasteiger partial charge in [0, 0.05) is 26.2 Å². The number of piperazine rings is 1. The number of rotatable bonds is 7. The lowest BCUT2D eigenvalue weighted by Gasteiger charge is -2.35. The van der Waals surface area contributed by atoms with Crippen molar-refractivity contribution in [3.05, 3.63) is 77.6 Å². The summed E-state index contributed by atoms with van der Waals surface area (Å²) in [5.41, 5.74) is 1.83. The fourth-order valence-corrected chi connectivity index (χ4v) is 5.23. The van der Waals surface area contributed by atoms with Crippen molar-refractivity contribution in [3.8, 4) is 0 Å². The Balaban J connectivity index is 1.47. The molecule has 0 saturated carbocycles. The zero-order valence-corrected chi connectivity index (χ0v) is 20.0. The predicted octanol–water partition coefficient (Wildman–Crippen LogP) is 2.66. The molecule has 0 spiro atoms. The summed E-state index contributed by atoms with van der Waals surface area (Å²) in [5, 5.41) is 0. The largest absolute Gasteiger partial charge is 0.468 e. The van der Waals surface area contributed by atoms with Crippen molar-refractivity contribution in [1.29, 1.82) is 0 Å². The van der Waals surface area contributed by atoms with E-state index >= 15 is 0 Å². The lowest BCUT2D eigenvalue weighted by molar-refractivity contribution is -0.133. The molecule has 0 radical (unpaired) electrons. The molecule has 1 aliphatic rings. The first-order chi connectivity index (χ1) is 16.3. The van der Waals surface area contributed by atoms with E-state index in [2.05, 4.69) is 0 Å². The van der Waals surface area contributed by atoms with Crippen molar-refractivity contribution in [2.75, 3.05) is 32.7 Å². The van der Waals surface area contributed by atoms with E-state index < -0.39 is 10.0 Å². The highest BCUT2D eigenvalue weighted by molar-refractivity contribution is 7.89. The van der Waals surface area contributed by atoms with Gasteiger partial charge in [-0.15, -0.1) is 0 Å². The third-order valence-corrected chi connectivity index (χ3v) is 7.78. The SMILES string of the molecule is Cc1ccc(S(=O)(=O)N(CC(=O)N2CCN(C(=O)c3ccco3)CC2)Cc2ccco2)cc1C. The van der Waals surface area contributed by atoms with Crippen molar-refractivity contribution in [2.24, 2.45) is 0 Å². The first-order valence-electron chi connectivity index (χ1n) is 11.0. The molecule has 0 unspecified atom stereocenters. The minimum absolute atomic E-state index is 0.0645. The van der Waals surface area contributed by atoms with E-state index in [-0.39, 0.29) is 35.6 Å². The second-order valence-electron chi connectivity index (χ2n) is 8.25. The quantitative estimate of drug-likeness (QED) is 0.510. The molecule has 0 aliphatic carbocycles. The maximum Gasteiger partial charge on any atom is 0.289 e. The van der Waals surface area contributed by atoms with Crippen LogP contribution in [0, 0.1) is 13.8 Å². The smallest absolute Gasteiger partial charge is 0.289 e. The number of aryl methyl sites for hydroxylation is 2. The van der Waals surface area contributed by atoms with Gasteiger partial charge in [0.05, 0.1) is 30.5 Å². The van der Waals surface area contributed by atoms with Gasteiger partial charge in [-0.1, -0.05) is 6.07 Å². The van der Waals surface area contributed by atoms with E-state index in [9.17, 15) is 18.0 Å². The number of benzene rings is 1. The lowest BCUT2D eigenvalue weighted by Crippen LogP contribution is -2.53. The van der Waals surface area contributed by atoms with E-state index in [0.717, 1.165) is 15.4 Å². The topological polar surface area (TPSA) is 104 Å². The number of sulfonamides is 1. The summed E-state index contributed by atoms with van der Waals surface area (Å²) in [4.78, 5) is 28.9. The molecule has 1 saturated heterocycles. The lowest BCUT2D eigenvalue weighted by atomic mass is 10.1. The first-order valence-corrected chi connectivity index (χ1v) is 12.4. The molecule has 0 N–H and O–H groups in total. The zero-order chi connectivity index (χ0) is 24.3. The summed E-state index contributed by atoms with van der Waals surface area (Å²) < 4.78 is 38.6. The molecule has 1 fully saturated rings. The summed E-state index contributed by atoms with van der Waals surface area (Å²) in [6.07, 6.45) is 2.91. The van der Waals surface area contributed by atoms with E-state index in [1.807, 2.05) is 13.8 Å². The molecule has 0 atom stereocenters. The van der Waals surface area contributed by atoms with Crippen molar-refractivity contribution >= 4 is 21.8 Å². The molecular formula is C24H27N3O6S.